The van der Waals surface area contributed by atoms with E-state index in [-0.39, 0.29) is 17.8 Å². The van der Waals surface area contributed by atoms with Crippen LogP contribution in [0.3, 0.4) is 0 Å². The number of hydrogen-bond acceptors (Lipinski definition) is 2. The molecule has 2 nitrogen and oxygen atoms in total. The van der Waals surface area contributed by atoms with Gasteiger partial charge >= 0.3 is 5.97 Å². The van der Waals surface area contributed by atoms with E-state index in [1.807, 2.05) is 18.2 Å². The topological polar surface area (TPSA) is 26.3 Å². The monoisotopic (exact) mass is 540 g/mol. The zero-order valence-electron chi connectivity index (χ0n) is 18.0. The lowest BCUT2D eigenvalue weighted by atomic mass is 9.84. The Hall–Kier alpha value is -1.65. The lowest BCUT2D eigenvalue weighted by Crippen LogP contribution is -2.26. The fourth-order valence-electron chi connectivity index (χ4n) is 3.73. The van der Waals surface area contributed by atoms with Crippen LogP contribution in [0, 0.1) is 11.8 Å². The van der Waals surface area contributed by atoms with Crippen molar-refractivity contribution in [3.8, 4) is 11.1 Å². The molecule has 5 heteroatoms. The van der Waals surface area contributed by atoms with Crippen LogP contribution in [-0.2, 0) is 26.6 Å². The molecule has 0 saturated heterocycles. The van der Waals surface area contributed by atoms with Crippen molar-refractivity contribution < 1.29 is 9.32 Å². The summed E-state index contributed by atoms with van der Waals surface area (Å²) in [4.78, 5) is 12.8. The molecule has 0 amide bonds. The SMILES string of the molecule is [B]P(C)OC(=O)[C@@H](Cc1ccccc1)[C@@H](C)Cc1ccc(-c2ccc(CI)cc2)cc1. The van der Waals surface area contributed by atoms with Crippen molar-refractivity contribution in [1.82, 2.24) is 0 Å². The first-order valence-electron chi connectivity index (χ1n) is 10.4. The Balaban J connectivity index is 1.72. The fourth-order valence-corrected chi connectivity index (χ4v) is 4.66. The third-order valence-electron chi connectivity index (χ3n) is 5.48. The van der Waals surface area contributed by atoms with E-state index < -0.39 is 8.03 Å². The summed E-state index contributed by atoms with van der Waals surface area (Å²) in [5.41, 5.74) is 6.12. The van der Waals surface area contributed by atoms with Crippen LogP contribution in [-0.4, -0.2) is 20.2 Å². The third kappa shape index (κ3) is 7.19. The molecule has 0 fully saturated rings. The molecule has 0 N–H and O–H groups in total. The predicted octanol–water partition coefficient (Wildman–Crippen LogP) is 6.98. The Morgan fingerprint density at radius 2 is 1.39 bits per heavy atom. The van der Waals surface area contributed by atoms with E-state index in [1.165, 1.54) is 22.3 Å². The number of rotatable bonds is 9. The maximum atomic E-state index is 12.8. The average Bonchev–Trinajstić information content (AvgIpc) is 2.78. The van der Waals surface area contributed by atoms with E-state index in [0.717, 1.165) is 16.4 Å². The summed E-state index contributed by atoms with van der Waals surface area (Å²) >= 11 is 2.38. The van der Waals surface area contributed by atoms with Crippen molar-refractivity contribution in [3.05, 3.63) is 95.6 Å². The Morgan fingerprint density at radius 3 is 1.90 bits per heavy atom. The van der Waals surface area contributed by atoms with E-state index in [2.05, 4.69) is 90.2 Å². The number of benzene rings is 3. The summed E-state index contributed by atoms with van der Waals surface area (Å²) in [5.74, 6) is -0.285. The third-order valence-corrected chi connectivity index (χ3v) is 6.82. The van der Waals surface area contributed by atoms with Crippen LogP contribution in [0.15, 0.2) is 78.9 Å². The van der Waals surface area contributed by atoms with Gasteiger partial charge in [-0.15, -0.1) is 0 Å². The standard InChI is InChI=1S/C26H27BIO2P/c1-19(25(26(29)30-31(2)27)17-20-6-4-3-5-7-20)16-21-8-12-23(13-9-21)24-14-10-22(18-28)11-15-24/h3-15,19,25H,16-18H2,1-2H3/t19-,25-,31?/m0/s1. The van der Waals surface area contributed by atoms with Crippen LogP contribution in [0.4, 0.5) is 0 Å². The first-order chi connectivity index (χ1) is 15.0. The zero-order valence-corrected chi connectivity index (χ0v) is 21.1. The minimum Gasteiger partial charge on any atom is -0.457 e. The first kappa shape index (κ1) is 24.0. The van der Waals surface area contributed by atoms with Gasteiger partial charge in [-0.2, -0.15) is 0 Å². The summed E-state index contributed by atoms with van der Waals surface area (Å²) in [6.45, 7) is 3.88. The van der Waals surface area contributed by atoms with Crippen molar-refractivity contribution >= 4 is 44.2 Å². The molecule has 3 atom stereocenters. The van der Waals surface area contributed by atoms with Crippen molar-refractivity contribution in [3.63, 3.8) is 0 Å². The molecule has 0 aliphatic heterocycles. The molecule has 0 aliphatic carbocycles. The minimum absolute atomic E-state index is 0.136. The molecule has 3 aromatic rings. The smallest absolute Gasteiger partial charge is 0.311 e. The predicted molar refractivity (Wildman–Crippen MR) is 141 cm³/mol. The van der Waals surface area contributed by atoms with Crippen LogP contribution in [0.5, 0.6) is 0 Å². The van der Waals surface area contributed by atoms with Crippen LogP contribution < -0.4 is 0 Å². The maximum Gasteiger partial charge on any atom is 0.311 e. The Morgan fingerprint density at radius 1 is 0.871 bits per heavy atom. The second-order valence-electron chi connectivity index (χ2n) is 7.96. The van der Waals surface area contributed by atoms with Gasteiger partial charge in [0.15, 0.2) is 7.57 Å². The molecule has 2 radical (unpaired) electrons. The van der Waals surface area contributed by atoms with Gasteiger partial charge in [0.25, 0.3) is 0 Å². The Labute approximate surface area is 202 Å². The van der Waals surface area contributed by atoms with Crippen molar-refractivity contribution in [2.45, 2.75) is 24.2 Å². The molecule has 3 rings (SSSR count). The maximum absolute atomic E-state index is 12.8. The van der Waals surface area contributed by atoms with Crippen molar-refractivity contribution in [2.24, 2.45) is 11.8 Å². The van der Waals surface area contributed by atoms with Crippen LogP contribution in [0.2, 0.25) is 0 Å². The molecular weight excluding hydrogens is 513 g/mol. The summed E-state index contributed by atoms with van der Waals surface area (Å²) in [6, 6.07) is 27.5. The average molecular weight is 540 g/mol. The van der Waals surface area contributed by atoms with E-state index in [1.54, 1.807) is 6.66 Å². The molecule has 0 spiro atoms. The number of hydrogen-bond donors (Lipinski definition) is 0. The molecule has 0 saturated carbocycles. The number of carbonyl (C=O) groups excluding carboxylic acids is 1. The van der Waals surface area contributed by atoms with Gasteiger partial charge in [0, 0.05) is 12.5 Å². The van der Waals surface area contributed by atoms with Gasteiger partial charge in [-0.25, -0.2) is 0 Å². The second kappa shape index (κ2) is 11.8. The van der Waals surface area contributed by atoms with E-state index in [4.69, 9.17) is 12.1 Å². The lowest BCUT2D eigenvalue weighted by molar-refractivity contribution is -0.139. The number of alkyl halides is 1. The molecule has 0 aliphatic rings. The van der Waals surface area contributed by atoms with Gasteiger partial charge in [0.1, 0.15) is 0 Å². The van der Waals surface area contributed by atoms with Gasteiger partial charge in [-0.05, 0) is 53.2 Å². The second-order valence-corrected chi connectivity index (χ2v) is 10.00. The normalized spacial score (nSPS) is 13.9. The summed E-state index contributed by atoms with van der Waals surface area (Å²) < 4.78 is 6.46. The molecule has 158 valence electrons. The van der Waals surface area contributed by atoms with E-state index in [0.29, 0.717) is 6.42 Å². The highest BCUT2D eigenvalue weighted by atomic mass is 127. The Bertz CT molecular complexity index is 959. The van der Waals surface area contributed by atoms with E-state index in [9.17, 15) is 4.79 Å². The molecular formula is C26H27BIO2P. The van der Waals surface area contributed by atoms with Crippen LogP contribution in [0.1, 0.15) is 23.6 Å². The summed E-state index contributed by atoms with van der Waals surface area (Å²) in [6.07, 6.45) is 1.47. The molecule has 1 unspecified atom stereocenters. The highest BCUT2D eigenvalue weighted by molar-refractivity contribution is 14.1. The van der Waals surface area contributed by atoms with Crippen molar-refractivity contribution in [2.75, 3.05) is 6.66 Å². The summed E-state index contributed by atoms with van der Waals surface area (Å²) in [7, 11) is 4.57. The minimum atomic E-state index is -1.21. The van der Waals surface area contributed by atoms with Crippen molar-refractivity contribution in [1.29, 1.82) is 0 Å². The van der Waals surface area contributed by atoms with Gasteiger partial charge in [-0.1, -0.05) is 108 Å². The fraction of sp³-hybridized carbons (Fsp3) is 0.269. The highest BCUT2D eigenvalue weighted by Gasteiger charge is 2.27. The molecule has 3 aromatic carbocycles. The zero-order chi connectivity index (χ0) is 22.2. The first-order valence-corrected chi connectivity index (χ1v) is 13.7. The van der Waals surface area contributed by atoms with Gasteiger partial charge in [0.2, 0.25) is 0 Å². The van der Waals surface area contributed by atoms with Gasteiger partial charge in [-0.3, -0.25) is 4.79 Å². The highest BCUT2D eigenvalue weighted by Crippen LogP contribution is 2.31. The molecule has 0 heterocycles. The van der Waals surface area contributed by atoms with Crippen LogP contribution in [0.25, 0.3) is 11.1 Å². The largest absolute Gasteiger partial charge is 0.457 e. The number of halogens is 1. The van der Waals surface area contributed by atoms with Crippen LogP contribution >= 0.6 is 30.6 Å². The van der Waals surface area contributed by atoms with Gasteiger partial charge in [0.05, 0.1) is 5.92 Å². The van der Waals surface area contributed by atoms with E-state index >= 15 is 0 Å². The number of carbonyl (C=O) groups is 1. The molecule has 0 bridgehead atoms. The quantitative estimate of drug-likeness (QED) is 0.127. The molecule has 0 aromatic heterocycles. The summed E-state index contributed by atoms with van der Waals surface area (Å²) in [5, 5.41) is 0. The Kier molecular flexibility index (Phi) is 9.16. The van der Waals surface area contributed by atoms with Gasteiger partial charge < -0.3 is 4.52 Å². The lowest BCUT2D eigenvalue weighted by Gasteiger charge is -2.24. The molecule has 31 heavy (non-hydrogen) atoms.